The van der Waals surface area contributed by atoms with Gasteiger partial charge in [0.15, 0.2) is 4.90 Å². The summed E-state index contributed by atoms with van der Waals surface area (Å²) in [7, 11) is -3.88. The van der Waals surface area contributed by atoms with E-state index in [1.54, 1.807) is 11.8 Å². The molecule has 9 heteroatoms. The number of thioether (sulfide) groups is 1. The van der Waals surface area contributed by atoms with Crippen LogP contribution in [0.2, 0.25) is 0 Å². The molecule has 0 radical (unpaired) electrons. The molecule has 0 aromatic heterocycles. The predicted octanol–water partition coefficient (Wildman–Crippen LogP) is 3.17. The van der Waals surface area contributed by atoms with E-state index in [4.69, 9.17) is 0 Å². The first-order chi connectivity index (χ1) is 9.88. The summed E-state index contributed by atoms with van der Waals surface area (Å²) < 4.78 is 27.2. The Kier molecular flexibility index (Phi) is 7.64. The molecule has 0 fully saturated rings. The van der Waals surface area contributed by atoms with Crippen LogP contribution in [0.3, 0.4) is 0 Å². The summed E-state index contributed by atoms with van der Waals surface area (Å²) in [6.45, 7) is 0.278. The Morgan fingerprint density at radius 1 is 1.33 bits per heavy atom. The van der Waals surface area contributed by atoms with Crippen LogP contribution in [0.1, 0.15) is 19.3 Å². The summed E-state index contributed by atoms with van der Waals surface area (Å²) in [4.78, 5) is 9.91. The zero-order chi connectivity index (χ0) is 15.9. The molecule has 1 rings (SSSR count). The van der Waals surface area contributed by atoms with Crippen LogP contribution < -0.4 is 4.72 Å². The van der Waals surface area contributed by atoms with Gasteiger partial charge in [0, 0.05) is 17.1 Å². The Morgan fingerprint density at radius 3 is 2.67 bits per heavy atom. The number of hydrogen-bond donors (Lipinski definition) is 1. The Morgan fingerprint density at radius 2 is 2.05 bits per heavy atom. The van der Waals surface area contributed by atoms with Crippen LogP contribution in [0.25, 0.3) is 0 Å². The monoisotopic (exact) mass is 396 g/mol. The van der Waals surface area contributed by atoms with E-state index in [2.05, 4.69) is 20.7 Å². The van der Waals surface area contributed by atoms with Crippen LogP contribution in [0.4, 0.5) is 5.69 Å². The van der Waals surface area contributed by atoms with Crippen LogP contribution in [0.15, 0.2) is 27.6 Å². The van der Waals surface area contributed by atoms with Gasteiger partial charge in [-0.25, -0.2) is 13.1 Å². The van der Waals surface area contributed by atoms with E-state index in [1.165, 1.54) is 18.2 Å². The van der Waals surface area contributed by atoms with Gasteiger partial charge in [-0.15, -0.1) is 0 Å². The minimum absolute atomic E-state index is 0.278. The molecule has 0 amide bonds. The lowest BCUT2D eigenvalue weighted by atomic mass is 10.2. The Labute approximate surface area is 137 Å². The first-order valence-electron chi connectivity index (χ1n) is 6.31. The minimum atomic E-state index is -3.88. The van der Waals surface area contributed by atoms with Crippen molar-refractivity contribution < 1.29 is 13.3 Å². The summed E-state index contributed by atoms with van der Waals surface area (Å²) in [6, 6.07) is 3.87. The highest BCUT2D eigenvalue weighted by Crippen LogP contribution is 2.27. The Balaban J connectivity index is 2.74. The molecule has 0 saturated heterocycles. The highest BCUT2D eigenvalue weighted by Gasteiger charge is 2.25. The fourth-order valence-electron chi connectivity index (χ4n) is 1.69. The minimum Gasteiger partial charge on any atom is -0.258 e. The maximum absolute atomic E-state index is 12.2. The van der Waals surface area contributed by atoms with Crippen molar-refractivity contribution in [3.05, 3.63) is 32.8 Å². The van der Waals surface area contributed by atoms with E-state index in [9.17, 15) is 18.5 Å². The molecule has 0 spiro atoms. The highest BCUT2D eigenvalue weighted by atomic mass is 79.9. The predicted molar refractivity (Wildman–Crippen MR) is 88.2 cm³/mol. The molecule has 118 valence electrons. The zero-order valence-electron chi connectivity index (χ0n) is 11.5. The van der Waals surface area contributed by atoms with Gasteiger partial charge in [0.05, 0.1) is 4.92 Å². The lowest BCUT2D eigenvalue weighted by Gasteiger charge is -2.07. The lowest BCUT2D eigenvalue weighted by molar-refractivity contribution is -0.387. The molecule has 1 N–H and O–H groups in total. The number of hydrogen-bond acceptors (Lipinski definition) is 5. The van der Waals surface area contributed by atoms with Gasteiger partial charge in [-0.1, -0.05) is 22.4 Å². The largest absolute Gasteiger partial charge is 0.289 e. The zero-order valence-corrected chi connectivity index (χ0v) is 14.8. The van der Waals surface area contributed by atoms with Crippen molar-refractivity contribution in [2.45, 2.75) is 24.2 Å². The van der Waals surface area contributed by atoms with Gasteiger partial charge in [0.25, 0.3) is 5.69 Å². The Bertz CT molecular complexity index is 593. The maximum Gasteiger partial charge on any atom is 0.289 e. The van der Waals surface area contributed by atoms with E-state index in [0.717, 1.165) is 18.6 Å². The second-order valence-corrected chi connectivity index (χ2v) is 7.96. The van der Waals surface area contributed by atoms with Crippen LogP contribution >= 0.6 is 27.7 Å². The molecule has 0 aliphatic heterocycles. The van der Waals surface area contributed by atoms with E-state index in [-0.39, 0.29) is 11.4 Å². The summed E-state index contributed by atoms with van der Waals surface area (Å²) in [5.74, 6) is 1.05. The summed E-state index contributed by atoms with van der Waals surface area (Å²) >= 11 is 4.88. The molecule has 0 bridgehead atoms. The van der Waals surface area contributed by atoms with Crippen LogP contribution in [-0.4, -0.2) is 31.9 Å². The number of benzene rings is 1. The van der Waals surface area contributed by atoms with Gasteiger partial charge in [0.1, 0.15) is 0 Å². The van der Waals surface area contributed by atoms with Crippen molar-refractivity contribution in [1.29, 1.82) is 0 Å². The smallest absolute Gasteiger partial charge is 0.258 e. The van der Waals surface area contributed by atoms with Gasteiger partial charge in [-0.3, -0.25) is 10.1 Å². The summed E-state index contributed by atoms with van der Waals surface area (Å²) in [5, 5.41) is 10.9. The van der Waals surface area contributed by atoms with Crippen molar-refractivity contribution in [1.82, 2.24) is 4.72 Å². The number of nitrogens with one attached hydrogen (secondary N) is 1. The number of halogens is 1. The molecular weight excluding hydrogens is 380 g/mol. The lowest BCUT2D eigenvalue weighted by Crippen LogP contribution is -2.25. The average Bonchev–Trinajstić information content (AvgIpc) is 2.42. The van der Waals surface area contributed by atoms with Crippen molar-refractivity contribution in [2.75, 3.05) is 18.6 Å². The van der Waals surface area contributed by atoms with Crippen LogP contribution in [0, 0.1) is 10.1 Å². The molecule has 21 heavy (non-hydrogen) atoms. The third kappa shape index (κ3) is 5.93. The molecule has 0 aliphatic rings. The van der Waals surface area contributed by atoms with E-state index in [0.29, 0.717) is 10.9 Å². The van der Waals surface area contributed by atoms with Crippen LogP contribution in [-0.2, 0) is 10.0 Å². The topological polar surface area (TPSA) is 89.3 Å². The van der Waals surface area contributed by atoms with Gasteiger partial charge >= 0.3 is 0 Å². The fraction of sp³-hybridized carbons (Fsp3) is 0.500. The molecule has 1 aromatic carbocycles. The average molecular weight is 397 g/mol. The number of rotatable bonds is 9. The molecule has 1 aromatic rings. The normalized spacial score (nSPS) is 11.5. The molecule has 0 saturated carbocycles. The first kappa shape index (κ1) is 18.4. The quantitative estimate of drug-likeness (QED) is 0.393. The van der Waals surface area contributed by atoms with Gasteiger partial charge in [-0.2, -0.15) is 11.8 Å². The van der Waals surface area contributed by atoms with Crippen molar-refractivity contribution in [2.24, 2.45) is 0 Å². The van der Waals surface area contributed by atoms with Crippen LogP contribution in [0.5, 0.6) is 0 Å². The van der Waals surface area contributed by atoms with E-state index >= 15 is 0 Å². The van der Waals surface area contributed by atoms with Crippen molar-refractivity contribution in [3.8, 4) is 0 Å². The number of unbranched alkanes of at least 4 members (excludes halogenated alkanes) is 2. The third-order valence-corrected chi connectivity index (χ3v) is 5.41. The third-order valence-electron chi connectivity index (χ3n) is 2.73. The number of nitrogens with zero attached hydrogens (tertiary/aromatic N) is 1. The number of nitro benzene ring substituents is 1. The van der Waals surface area contributed by atoms with E-state index < -0.39 is 20.6 Å². The van der Waals surface area contributed by atoms with Gasteiger partial charge in [0.2, 0.25) is 10.0 Å². The maximum atomic E-state index is 12.2. The first-order valence-corrected chi connectivity index (χ1v) is 9.98. The molecule has 0 unspecified atom stereocenters. The SMILES string of the molecule is CSCCCCCNS(=O)(=O)c1cc(Br)ccc1[N+](=O)[O-]. The molecular formula is C12H17BrN2O4S2. The van der Waals surface area contributed by atoms with Crippen molar-refractivity contribution >= 4 is 43.4 Å². The standard InChI is InChI=1S/C12H17BrN2O4S2/c1-20-8-4-2-3-7-14-21(18,19)12-9-10(13)5-6-11(12)15(16)17/h5-6,9,14H,2-4,7-8H2,1H3. The summed E-state index contributed by atoms with van der Waals surface area (Å²) in [6.07, 6.45) is 4.68. The second-order valence-electron chi connectivity index (χ2n) is 4.32. The molecule has 6 nitrogen and oxygen atoms in total. The molecule has 0 aliphatic carbocycles. The van der Waals surface area contributed by atoms with E-state index in [1.807, 2.05) is 6.26 Å². The van der Waals surface area contributed by atoms with Gasteiger partial charge < -0.3 is 0 Å². The van der Waals surface area contributed by atoms with Crippen molar-refractivity contribution in [3.63, 3.8) is 0 Å². The number of sulfonamides is 1. The summed E-state index contributed by atoms with van der Waals surface area (Å²) in [5.41, 5.74) is -0.423. The molecule has 0 heterocycles. The Hall–Kier alpha value is -0.640. The fourth-order valence-corrected chi connectivity index (χ4v) is 3.96. The molecule has 0 atom stereocenters. The van der Waals surface area contributed by atoms with Gasteiger partial charge in [-0.05, 0) is 37.0 Å². The highest BCUT2D eigenvalue weighted by molar-refractivity contribution is 9.10. The second kappa shape index (κ2) is 8.72. The number of nitro groups is 1.